The molecule has 0 bridgehead atoms. The summed E-state index contributed by atoms with van der Waals surface area (Å²) in [6, 6.07) is 10.9. The average Bonchev–Trinajstić information content (AvgIpc) is 2.86. The summed E-state index contributed by atoms with van der Waals surface area (Å²) < 4.78 is 0. The van der Waals surface area contributed by atoms with Crippen molar-refractivity contribution in [2.75, 3.05) is 37.6 Å². The molecule has 3 N–H and O–H groups in total. The molecule has 2 aliphatic heterocycles. The van der Waals surface area contributed by atoms with Gasteiger partial charge in [-0.15, -0.1) is 0 Å². The quantitative estimate of drug-likeness (QED) is 0.528. The predicted molar refractivity (Wildman–Crippen MR) is 143 cm³/mol. The number of hydrogen-bond acceptors (Lipinski definition) is 7. The van der Waals surface area contributed by atoms with Crippen molar-refractivity contribution in [3.8, 4) is 11.5 Å². The largest absolute Gasteiger partial charge is 0.508 e. The molecule has 3 unspecified atom stereocenters. The number of likely N-dealkylation sites (tertiary alicyclic amines) is 1. The van der Waals surface area contributed by atoms with Gasteiger partial charge in [-0.25, -0.2) is 4.98 Å². The van der Waals surface area contributed by atoms with Crippen LogP contribution >= 0.6 is 0 Å². The van der Waals surface area contributed by atoms with Crippen molar-refractivity contribution in [2.45, 2.75) is 64.7 Å². The van der Waals surface area contributed by atoms with E-state index in [0.29, 0.717) is 29.7 Å². The number of rotatable bonds is 8. The number of nitrogens with one attached hydrogen (secondary N) is 1. The van der Waals surface area contributed by atoms with Crippen molar-refractivity contribution in [2.24, 2.45) is 0 Å². The molecule has 3 atom stereocenters. The minimum atomic E-state index is 0.223. The van der Waals surface area contributed by atoms with Crippen LogP contribution in [0.2, 0.25) is 0 Å². The van der Waals surface area contributed by atoms with Crippen LogP contribution in [0.1, 0.15) is 51.2 Å². The number of aromatic hydroxyl groups is 2. The molecule has 2 aliphatic rings. The molecule has 190 valence electrons. The van der Waals surface area contributed by atoms with Gasteiger partial charge in [0.2, 0.25) is 0 Å². The number of aromatic nitrogens is 1. The second-order valence-electron chi connectivity index (χ2n) is 9.99. The highest BCUT2D eigenvalue weighted by atomic mass is 16.3. The van der Waals surface area contributed by atoms with Gasteiger partial charge in [0.25, 0.3) is 0 Å². The molecule has 4 rings (SSSR count). The zero-order valence-electron chi connectivity index (χ0n) is 21.5. The number of pyridine rings is 1. The molecule has 0 spiro atoms. The van der Waals surface area contributed by atoms with Gasteiger partial charge in [0.05, 0.1) is 0 Å². The van der Waals surface area contributed by atoms with Gasteiger partial charge in [0, 0.05) is 74.9 Å². The fourth-order valence-corrected chi connectivity index (χ4v) is 5.64. The van der Waals surface area contributed by atoms with Crippen LogP contribution in [0.25, 0.3) is 5.70 Å². The number of anilines is 1. The predicted octanol–water partition coefficient (Wildman–Crippen LogP) is 4.03. The summed E-state index contributed by atoms with van der Waals surface area (Å²) in [5.74, 6) is 1.22. The van der Waals surface area contributed by atoms with Crippen LogP contribution in [0.5, 0.6) is 11.5 Å². The lowest BCUT2D eigenvalue weighted by Crippen LogP contribution is -2.59. The smallest absolute Gasteiger partial charge is 0.171 e. The lowest BCUT2D eigenvalue weighted by molar-refractivity contribution is 0.0360. The van der Waals surface area contributed by atoms with E-state index < -0.39 is 0 Å². The average molecular weight is 480 g/mol. The van der Waals surface area contributed by atoms with Crippen LogP contribution in [0.3, 0.4) is 0 Å². The molecule has 2 saturated heterocycles. The van der Waals surface area contributed by atoms with Gasteiger partial charge >= 0.3 is 0 Å². The molecule has 1 aromatic carbocycles. The topological polar surface area (TPSA) is 75.1 Å². The number of piperidine rings is 1. The first-order chi connectivity index (χ1) is 16.9. The number of hydrogen-bond donors (Lipinski definition) is 3. The van der Waals surface area contributed by atoms with E-state index in [1.807, 2.05) is 19.1 Å². The first-order valence-electron chi connectivity index (χ1n) is 13.0. The van der Waals surface area contributed by atoms with Crippen LogP contribution in [-0.4, -0.2) is 75.8 Å². The van der Waals surface area contributed by atoms with E-state index in [1.165, 1.54) is 18.4 Å². The van der Waals surface area contributed by atoms with Gasteiger partial charge < -0.3 is 20.4 Å². The Morgan fingerprint density at radius 3 is 2.57 bits per heavy atom. The highest BCUT2D eigenvalue weighted by Gasteiger charge is 2.36. The summed E-state index contributed by atoms with van der Waals surface area (Å²) in [4.78, 5) is 12.1. The van der Waals surface area contributed by atoms with E-state index >= 15 is 0 Å². The maximum Gasteiger partial charge on any atom is 0.171 e. The SMILES string of the molecule is C=C(NCC)c1cnc(N2CCN(C3CCN(Cc4ccc(O)cc4)C(C)C3)C(CC)C2)c(O)c1. The van der Waals surface area contributed by atoms with Crippen LogP contribution < -0.4 is 10.2 Å². The fourth-order valence-electron chi connectivity index (χ4n) is 5.64. The molecule has 0 amide bonds. The van der Waals surface area contributed by atoms with E-state index in [2.05, 4.69) is 45.4 Å². The van der Waals surface area contributed by atoms with Gasteiger partial charge in [-0.3, -0.25) is 9.80 Å². The minimum absolute atomic E-state index is 0.223. The maximum atomic E-state index is 10.7. The van der Waals surface area contributed by atoms with Crippen LogP contribution in [0, 0.1) is 0 Å². The third-order valence-electron chi connectivity index (χ3n) is 7.66. The Kier molecular flexibility index (Phi) is 8.19. The van der Waals surface area contributed by atoms with Gasteiger partial charge in [0.15, 0.2) is 11.6 Å². The van der Waals surface area contributed by atoms with Crippen molar-refractivity contribution in [1.29, 1.82) is 0 Å². The highest BCUT2D eigenvalue weighted by Crippen LogP contribution is 2.32. The Morgan fingerprint density at radius 1 is 1.14 bits per heavy atom. The molecule has 0 radical (unpaired) electrons. The van der Waals surface area contributed by atoms with Gasteiger partial charge in [-0.05, 0) is 56.9 Å². The lowest BCUT2D eigenvalue weighted by Gasteiger charge is -2.49. The van der Waals surface area contributed by atoms with Gasteiger partial charge in [0.1, 0.15) is 5.75 Å². The summed E-state index contributed by atoms with van der Waals surface area (Å²) in [5, 5.41) is 23.5. The van der Waals surface area contributed by atoms with E-state index in [0.717, 1.165) is 56.9 Å². The Morgan fingerprint density at radius 2 is 1.91 bits per heavy atom. The lowest BCUT2D eigenvalue weighted by atomic mass is 9.93. The third kappa shape index (κ3) is 5.90. The third-order valence-corrected chi connectivity index (χ3v) is 7.66. The number of phenolic OH excluding ortho intramolecular Hbond substituents is 1. The van der Waals surface area contributed by atoms with E-state index in [1.54, 1.807) is 24.4 Å². The first-order valence-corrected chi connectivity index (χ1v) is 13.0. The molecule has 0 aliphatic carbocycles. The standard InChI is InChI=1S/C28H41N5O2/c1-5-24-19-32(28-27(35)16-23(17-30-28)21(4)29-6-2)13-14-33(24)25-11-12-31(20(3)15-25)18-22-7-9-26(34)10-8-22/h7-10,16-17,20,24-25,29,34-35H,4-6,11-15,18-19H2,1-3H3. The second-order valence-corrected chi connectivity index (χ2v) is 9.99. The number of phenols is 1. The number of nitrogens with zero attached hydrogens (tertiary/aromatic N) is 4. The Balaban J connectivity index is 1.36. The zero-order valence-corrected chi connectivity index (χ0v) is 21.5. The summed E-state index contributed by atoms with van der Waals surface area (Å²) in [7, 11) is 0. The van der Waals surface area contributed by atoms with Crippen molar-refractivity contribution < 1.29 is 10.2 Å². The molecule has 3 heterocycles. The van der Waals surface area contributed by atoms with Gasteiger partial charge in [-0.2, -0.15) is 0 Å². The molecule has 0 saturated carbocycles. The Labute approximate surface area is 210 Å². The minimum Gasteiger partial charge on any atom is -0.508 e. The van der Waals surface area contributed by atoms with Gasteiger partial charge in [-0.1, -0.05) is 25.6 Å². The molecule has 7 heteroatoms. The highest BCUT2D eigenvalue weighted by molar-refractivity contribution is 5.65. The molecule has 2 fully saturated rings. The summed E-state index contributed by atoms with van der Waals surface area (Å²) in [5.41, 5.74) is 2.86. The van der Waals surface area contributed by atoms with Crippen LogP contribution in [-0.2, 0) is 6.54 Å². The van der Waals surface area contributed by atoms with E-state index in [-0.39, 0.29) is 5.75 Å². The summed E-state index contributed by atoms with van der Waals surface area (Å²) in [6.45, 7) is 16.2. The van der Waals surface area contributed by atoms with Crippen LogP contribution in [0.15, 0.2) is 43.1 Å². The monoisotopic (exact) mass is 479 g/mol. The second kappa shape index (κ2) is 11.3. The van der Waals surface area contributed by atoms with Crippen molar-refractivity contribution in [1.82, 2.24) is 20.1 Å². The fraction of sp³-hybridized carbons (Fsp3) is 0.536. The molecule has 7 nitrogen and oxygen atoms in total. The van der Waals surface area contributed by atoms with Crippen LogP contribution in [0.4, 0.5) is 5.82 Å². The van der Waals surface area contributed by atoms with E-state index in [9.17, 15) is 10.2 Å². The molecule has 2 aromatic rings. The molecule has 35 heavy (non-hydrogen) atoms. The summed E-state index contributed by atoms with van der Waals surface area (Å²) >= 11 is 0. The normalized spacial score (nSPS) is 23.9. The number of piperazine rings is 1. The first kappa shape index (κ1) is 25.3. The molecule has 1 aromatic heterocycles. The zero-order chi connectivity index (χ0) is 24.9. The summed E-state index contributed by atoms with van der Waals surface area (Å²) in [6.07, 6.45) is 5.22. The Hall–Kier alpha value is -2.77. The van der Waals surface area contributed by atoms with Crippen molar-refractivity contribution in [3.63, 3.8) is 0 Å². The Bertz CT molecular complexity index is 995. The number of benzene rings is 1. The van der Waals surface area contributed by atoms with Crippen molar-refractivity contribution in [3.05, 3.63) is 54.2 Å². The molecular weight excluding hydrogens is 438 g/mol. The van der Waals surface area contributed by atoms with E-state index in [4.69, 9.17) is 0 Å². The maximum absolute atomic E-state index is 10.7. The van der Waals surface area contributed by atoms with Crippen molar-refractivity contribution >= 4 is 11.5 Å². The molecular formula is C28H41N5O2.